The van der Waals surface area contributed by atoms with Gasteiger partial charge in [-0.2, -0.15) is 0 Å². The molecule has 0 amide bonds. The first kappa shape index (κ1) is 6.15. The van der Waals surface area contributed by atoms with Crippen molar-refractivity contribution in [1.82, 2.24) is 5.16 Å². The van der Waals surface area contributed by atoms with Crippen LogP contribution in [0.3, 0.4) is 0 Å². The fraction of sp³-hybridized carbons (Fsp3) is 0. The number of benzene rings is 1. The summed E-state index contributed by atoms with van der Waals surface area (Å²) >= 11 is 0. The first-order valence-electron chi connectivity index (χ1n) is 3.08. The van der Waals surface area contributed by atoms with E-state index in [0.29, 0.717) is 10.9 Å². The van der Waals surface area contributed by atoms with E-state index in [1.807, 2.05) is 0 Å². The number of anilines is 1. The van der Waals surface area contributed by atoms with Crippen LogP contribution >= 0.6 is 0 Å². The van der Waals surface area contributed by atoms with Crippen LogP contribution < -0.4 is 5.73 Å². The van der Waals surface area contributed by atoms with Crippen LogP contribution in [-0.2, 0) is 0 Å². The summed E-state index contributed by atoms with van der Waals surface area (Å²) in [6.07, 6.45) is 0. The molecule has 2 rings (SSSR count). The fourth-order valence-electron chi connectivity index (χ4n) is 0.933. The second-order valence-electron chi connectivity index (χ2n) is 2.21. The summed E-state index contributed by atoms with van der Waals surface area (Å²) in [6.45, 7) is 0. The van der Waals surface area contributed by atoms with Crippen molar-refractivity contribution >= 4 is 16.8 Å². The number of nitrogens with two attached hydrogens (primary N) is 1. The van der Waals surface area contributed by atoms with E-state index in [9.17, 15) is 4.39 Å². The molecule has 0 fully saturated rings. The molecule has 56 valence electrons. The van der Waals surface area contributed by atoms with Crippen molar-refractivity contribution in [3.63, 3.8) is 0 Å². The average molecular weight is 152 g/mol. The lowest BCUT2D eigenvalue weighted by molar-refractivity contribution is 0.445. The Morgan fingerprint density at radius 2 is 2.27 bits per heavy atom. The number of nitrogen functional groups attached to an aromatic ring is 1. The number of hydrogen-bond donors (Lipinski definition) is 1. The maximum absolute atomic E-state index is 12.6. The van der Waals surface area contributed by atoms with E-state index in [1.165, 1.54) is 18.2 Å². The predicted molar refractivity (Wildman–Crippen MR) is 38.4 cm³/mol. The molecular weight excluding hydrogens is 147 g/mol. The standard InChI is InChI=1S/C7H5FN2O/c8-4-1-2-6-5(3-4)7(9)11-10-6/h1-3H,9H2. The van der Waals surface area contributed by atoms with Crippen LogP contribution in [0.5, 0.6) is 0 Å². The van der Waals surface area contributed by atoms with Crippen molar-refractivity contribution in [2.75, 3.05) is 5.73 Å². The van der Waals surface area contributed by atoms with Gasteiger partial charge in [-0.3, -0.25) is 0 Å². The Balaban J connectivity index is 2.87. The molecule has 1 heterocycles. The molecule has 1 aromatic carbocycles. The lowest BCUT2D eigenvalue weighted by Crippen LogP contribution is -1.80. The molecule has 1 aromatic heterocycles. The smallest absolute Gasteiger partial charge is 0.230 e. The minimum Gasteiger partial charge on any atom is -0.367 e. The molecule has 0 aliphatic rings. The summed E-state index contributed by atoms with van der Waals surface area (Å²) in [7, 11) is 0. The van der Waals surface area contributed by atoms with E-state index in [0.717, 1.165) is 0 Å². The Labute approximate surface area is 61.6 Å². The highest BCUT2D eigenvalue weighted by atomic mass is 19.1. The molecule has 11 heavy (non-hydrogen) atoms. The van der Waals surface area contributed by atoms with Gasteiger partial charge in [-0.15, -0.1) is 0 Å². The minimum absolute atomic E-state index is 0.152. The normalized spacial score (nSPS) is 10.6. The fourth-order valence-corrected chi connectivity index (χ4v) is 0.933. The first-order chi connectivity index (χ1) is 5.27. The zero-order valence-corrected chi connectivity index (χ0v) is 5.54. The van der Waals surface area contributed by atoms with Gasteiger partial charge in [0.05, 0.1) is 5.39 Å². The van der Waals surface area contributed by atoms with E-state index < -0.39 is 0 Å². The Bertz CT molecular complexity index is 396. The molecule has 0 bridgehead atoms. The maximum Gasteiger partial charge on any atom is 0.230 e. The Hall–Kier alpha value is -1.58. The molecule has 0 spiro atoms. The number of halogens is 1. The monoisotopic (exact) mass is 152 g/mol. The number of rotatable bonds is 0. The van der Waals surface area contributed by atoms with Gasteiger partial charge in [0, 0.05) is 0 Å². The van der Waals surface area contributed by atoms with Crippen molar-refractivity contribution in [2.24, 2.45) is 0 Å². The van der Waals surface area contributed by atoms with Crippen LogP contribution in [0, 0.1) is 5.82 Å². The molecule has 0 aliphatic heterocycles. The molecule has 0 saturated carbocycles. The second-order valence-corrected chi connectivity index (χ2v) is 2.21. The third kappa shape index (κ3) is 0.832. The van der Waals surface area contributed by atoms with Crippen LogP contribution in [0.1, 0.15) is 0 Å². The summed E-state index contributed by atoms with van der Waals surface area (Å²) in [4.78, 5) is 0. The molecule has 2 N–H and O–H groups in total. The van der Waals surface area contributed by atoms with E-state index in [2.05, 4.69) is 9.68 Å². The van der Waals surface area contributed by atoms with E-state index in [-0.39, 0.29) is 11.7 Å². The molecule has 0 atom stereocenters. The quantitative estimate of drug-likeness (QED) is 0.623. The highest BCUT2D eigenvalue weighted by Crippen LogP contribution is 2.20. The van der Waals surface area contributed by atoms with Crippen molar-refractivity contribution in [3.05, 3.63) is 24.0 Å². The maximum atomic E-state index is 12.6. The van der Waals surface area contributed by atoms with Gasteiger partial charge in [-0.05, 0) is 18.2 Å². The van der Waals surface area contributed by atoms with Gasteiger partial charge in [0.2, 0.25) is 5.88 Å². The van der Waals surface area contributed by atoms with E-state index in [1.54, 1.807) is 0 Å². The van der Waals surface area contributed by atoms with Crippen LogP contribution in [0.25, 0.3) is 10.9 Å². The number of fused-ring (bicyclic) bond motifs is 1. The van der Waals surface area contributed by atoms with Crippen LogP contribution in [-0.4, -0.2) is 5.16 Å². The molecule has 2 aromatic rings. The molecular formula is C7H5FN2O. The van der Waals surface area contributed by atoms with E-state index >= 15 is 0 Å². The Kier molecular flexibility index (Phi) is 1.09. The Morgan fingerprint density at radius 1 is 1.45 bits per heavy atom. The molecule has 0 unspecified atom stereocenters. The average Bonchev–Trinajstić information content (AvgIpc) is 2.33. The van der Waals surface area contributed by atoms with Gasteiger partial charge < -0.3 is 10.3 Å². The van der Waals surface area contributed by atoms with Crippen LogP contribution in [0.2, 0.25) is 0 Å². The zero-order valence-electron chi connectivity index (χ0n) is 5.54. The molecule has 3 nitrogen and oxygen atoms in total. The van der Waals surface area contributed by atoms with Gasteiger partial charge in [-0.1, -0.05) is 5.16 Å². The summed E-state index contributed by atoms with van der Waals surface area (Å²) in [5.74, 6) is -0.188. The lowest BCUT2D eigenvalue weighted by atomic mass is 10.2. The molecule has 0 saturated heterocycles. The number of hydrogen-bond acceptors (Lipinski definition) is 3. The number of nitrogens with zero attached hydrogens (tertiary/aromatic N) is 1. The summed E-state index contributed by atoms with van der Waals surface area (Å²) in [6, 6.07) is 4.12. The van der Waals surface area contributed by atoms with Crippen LogP contribution in [0.4, 0.5) is 10.3 Å². The van der Waals surface area contributed by atoms with Gasteiger partial charge in [0.15, 0.2) is 0 Å². The topological polar surface area (TPSA) is 52.0 Å². The summed E-state index contributed by atoms with van der Waals surface area (Å²) in [5.41, 5.74) is 5.92. The zero-order chi connectivity index (χ0) is 7.84. The van der Waals surface area contributed by atoms with Crippen molar-refractivity contribution < 1.29 is 8.91 Å². The highest BCUT2D eigenvalue weighted by molar-refractivity contribution is 5.87. The van der Waals surface area contributed by atoms with E-state index in [4.69, 9.17) is 5.73 Å². The SMILES string of the molecule is Nc1onc2ccc(F)cc12. The summed E-state index contributed by atoms with van der Waals surface area (Å²) < 4.78 is 17.2. The first-order valence-corrected chi connectivity index (χ1v) is 3.08. The van der Waals surface area contributed by atoms with Crippen molar-refractivity contribution in [2.45, 2.75) is 0 Å². The lowest BCUT2D eigenvalue weighted by Gasteiger charge is -1.86. The predicted octanol–water partition coefficient (Wildman–Crippen LogP) is 1.55. The minimum atomic E-state index is -0.340. The van der Waals surface area contributed by atoms with Gasteiger partial charge >= 0.3 is 0 Å². The van der Waals surface area contributed by atoms with Crippen LogP contribution in [0.15, 0.2) is 22.7 Å². The third-order valence-electron chi connectivity index (χ3n) is 1.47. The van der Waals surface area contributed by atoms with Crippen molar-refractivity contribution in [1.29, 1.82) is 0 Å². The molecule has 4 heteroatoms. The van der Waals surface area contributed by atoms with Crippen molar-refractivity contribution in [3.8, 4) is 0 Å². The largest absolute Gasteiger partial charge is 0.367 e. The molecule has 0 aliphatic carbocycles. The summed E-state index contributed by atoms with van der Waals surface area (Å²) in [5, 5.41) is 4.11. The van der Waals surface area contributed by atoms with Gasteiger partial charge in [0.25, 0.3) is 0 Å². The van der Waals surface area contributed by atoms with Gasteiger partial charge in [0.1, 0.15) is 11.3 Å². The second kappa shape index (κ2) is 1.95. The molecule has 0 radical (unpaired) electrons. The third-order valence-corrected chi connectivity index (χ3v) is 1.47. The Morgan fingerprint density at radius 3 is 3.09 bits per heavy atom. The highest BCUT2D eigenvalue weighted by Gasteiger charge is 2.04. The van der Waals surface area contributed by atoms with Gasteiger partial charge in [-0.25, -0.2) is 4.39 Å². The number of aromatic nitrogens is 1.